The van der Waals surface area contributed by atoms with Crippen molar-refractivity contribution < 1.29 is 34.2 Å². The smallest absolute Gasteiger partial charge is 0.326 e. The van der Waals surface area contributed by atoms with Crippen LogP contribution in [0.5, 0.6) is 0 Å². The number of hydrogen-bond donors (Lipinski definition) is 6. The minimum Gasteiger partial charge on any atom is -0.481 e. The summed E-state index contributed by atoms with van der Waals surface area (Å²) < 4.78 is 0. The van der Waals surface area contributed by atoms with Crippen molar-refractivity contribution in [2.75, 3.05) is 0 Å². The Kier molecular flexibility index (Phi) is 8.39. The van der Waals surface area contributed by atoms with E-state index >= 15 is 0 Å². The molecule has 3 atom stereocenters. The highest BCUT2D eigenvalue weighted by atomic mass is 16.4. The van der Waals surface area contributed by atoms with E-state index in [0.29, 0.717) is 0 Å². The molecule has 0 aliphatic heterocycles. The van der Waals surface area contributed by atoms with E-state index in [9.17, 15) is 24.0 Å². The van der Waals surface area contributed by atoms with Crippen LogP contribution < -0.4 is 22.1 Å². The number of carbonyl (C=O) groups excluding carboxylic acids is 3. The lowest BCUT2D eigenvalue weighted by Crippen LogP contribution is -2.56. The van der Waals surface area contributed by atoms with E-state index in [1.807, 2.05) is 0 Å². The Morgan fingerprint density at radius 3 is 1.88 bits per heavy atom. The minimum atomic E-state index is -1.55. The average molecular weight is 346 g/mol. The molecule has 0 rings (SSSR count). The Bertz CT molecular complexity index is 520. The topological polar surface area (TPSA) is 202 Å². The lowest BCUT2D eigenvalue weighted by Gasteiger charge is -2.23. The molecule has 8 N–H and O–H groups in total. The second kappa shape index (κ2) is 9.45. The first-order valence-corrected chi connectivity index (χ1v) is 7.04. The number of carbonyl (C=O) groups is 5. The number of nitrogens with one attached hydrogen (secondary N) is 2. The maximum Gasteiger partial charge on any atom is 0.326 e. The maximum absolute atomic E-state index is 12.1. The second-order valence-corrected chi connectivity index (χ2v) is 5.50. The second-order valence-electron chi connectivity index (χ2n) is 5.50. The number of aliphatic carboxylic acids is 2. The fourth-order valence-electron chi connectivity index (χ4n) is 1.74. The Morgan fingerprint density at radius 1 is 0.958 bits per heavy atom. The van der Waals surface area contributed by atoms with Crippen molar-refractivity contribution in [2.24, 2.45) is 17.4 Å². The standard InChI is InChI=1S/C13H22N4O7/c1-5(2)10(13(23)24)17-12(22)7(4-9(19)20)16-11(21)6(14)3-8(15)18/h5-7,10H,3-4,14H2,1-2H3,(H2,15,18)(H,16,21)(H,17,22)(H,19,20)(H,23,24)/t6-,7-,10-/m0/s1. The van der Waals surface area contributed by atoms with Crippen molar-refractivity contribution >= 4 is 29.7 Å². The third kappa shape index (κ3) is 7.54. The summed E-state index contributed by atoms with van der Waals surface area (Å²) in [5.41, 5.74) is 10.3. The first-order valence-electron chi connectivity index (χ1n) is 7.04. The number of rotatable bonds is 10. The van der Waals surface area contributed by atoms with Crippen LogP contribution in [0.15, 0.2) is 0 Å². The van der Waals surface area contributed by atoms with E-state index in [-0.39, 0.29) is 0 Å². The van der Waals surface area contributed by atoms with Gasteiger partial charge in [-0.15, -0.1) is 0 Å². The summed E-state index contributed by atoms with van der Waals surface area (Å²) in [6.45, 7) is 3.10. The van der Waals surface area contributed by atoms with Crippen LogP contribution in [-0.2, 0) is 24.0 Å². The zero-order chi connectivity index (χ0) is 19.0. The first-order chi connectivity index (χ1) is 11.0. The number of nitrogens with two attached hydrogens (primary N) is 2. The largest absolute Gasteiger partial charge is 0.481 e. The van der Waals surface area contributed by atoms with Gasteiger partial charge in [-0.2, -0.15) is 0 Å². The van der Waals surface area contributed by atoms with Gasteiger partial charge in [0.25, 0.3) is 0 Å². The summed E-state index contributed by atoms with van der Waals surface area (Å²) in [6, 6.07) is -4.16. The Labute approximate surface area is 137 Å². The van der Waals surface area contributed by atoms with E-state index in [1.165, 1.54) is 0 Å². The molecule has 0 spiro atoms. The Morgan fingerprint density at radius 2 is 1.50 bits per heavy atom. The molecule has 0 aliphatic rings. The molecule has 0 fully saturated rings. The molecule has 0 bridgehead atoms. The van der Waals surface area contributed by atoms with Gasteiger partial charge in [-0.3, -0.25) is 19.2 Å². The molecule has 136 valence electrons. The summed E-state index contributed by atoms with van der Waals surface area (Å²) in [4.78, 5) is 56.5. The van der Waals surface area contributed by atoms with Crippen LogP contribution in [0.4, 0.5) is 0 Å². The SMILES string of the molecule is CC(C)[C@H](NC(=O)[C@H](CC(=O)O)NC(=O)[C@@H](N)CC(N)=O)C(=O)O. The molecule has 0 saturated carbocycles. The number of carboxylic acid groups (broad SMARTS) is 2. The molecule has 0 unspecified atom stereocenters. The number of hydrogen-bond acceptors (Lipinski definition) is 6. The van der Waals surface area contributed by atoms with Crippen LogP contribution in [0.25, 0.3) is 0 Å². The molecule has 0 aromatic heterocycles. The highest BCUT2D eigenvalue weighted by Gasteiger charge is 2.31. The van der Waals surface area contributed by atoms with Crippen molar-refractivity contribution in [1.29, 1.82) is 0 Å². The first kappa shape index (κ1) is 21.3. The third-order valence-electron chi connectivity index (χ3n) is 3.00. The minimum absolute atomic E-state index is 0.468. The van der Waals surface area contributed by atoms with Gasteiger partial charge < -0.3 is 32.3 Å². The van der Waals surface area contributed by atoms with Gasteiger partial charge in [-0.25, -0.2) is 4.79 Å². The van der Waals surface area contributed by atoms with Crippen LogP contribution in [0.3, 0.4) is 0 Å². The van der Waals surface area contributed by atoms with Crippen LogP contribution >= 0.6 is 0 Å². The van der Waals surface area contributed by atoms with Crippen molar-refractivity contribution in [3.63, 3.8) is 0 Å². The van der Waals surface area contributed by atoms with Gasteiger partial charge in [-0.05, 0) is 5.92 Å². The number of primary amides is 1. The van der Waals surface area contributed by atoms with Crippen molar-refractivity contribution in [1.82, 2.24) is 10.6 Å². The van der Waals surface area contributed by atoms with Gasteiger partial charge in [0.05, 0.1) is 18.9 Å². The monoisotopic (exact) mass is 346 g/mol. The lowest BCUT2D eigenvalue weighted by atomic mass is 10.0. The predicted molar refractivity (Wildman–Crippen MR) is 80.4 cm³/mol. The molecule has 0 aromatic rings. The molecule has 3 amide bonds. The van der Waals surface area contributed by atoms with Gasteiger partial charge in [0.2, 0.25) is 17.7 Å². The lowest BCUT2D eigenvalue weighted by molar-refractivity contribution is -0.144. The summed E-state index contributed by atoms with van der Waals surface area (Å²) in [6.07, 6.45) is -1.28. The quantitative estimate of drug-likeness (QED) is 0.246. The molecule has 11 heteroatoms. The Balaban J connectivity index is 5.08. The van der Waals surface area contributed by atoms with Crippen molar-refractivity contribution in [3.8, 4) is 0 Å². The van der Waals surface area contributed by atoms with E-state index < -0.39 is 66.5 Å². The van der Waals surface area contributed by atoms with Gasteiger partial charge >= 0.3 is 11.9 Å². The van der Waals surface area contributed by atoms with E-state index in [1.54, 1.807) is 13.8 Å². The zero-order valence-electron chi connectivity index (χ0n) is 13.3. The molecule has 0 aromatic carbocycles. The molecule has 24 heavy (non-hydrogen) atoms. The van der Waals surface area contributed by atoms with Crippen LogP contribution in [0.2, 0.25) is 0 Å². The third-order valence-corrected chi connectivity index (χ3v) is 3.00. The predicted octanol–water partition coefficient (Wildman–Crippen LogP) is -2.63. The molecule has 0 saturated heterocycles. The highest BCUT2D eigenvalue weighted by molar-refractivity contribution is 5.95. The average Bonchev–Trinajstić information content (AvgIpc) is 2.41. The van der Waals surface area contributed by atoms with Crippen LogP contribution in [0, 0.1) is 5.92 Å². The molecular formula is C13H22N4O7. The molecule has 0 aliphatic carbocycles. The Hall–Kier alpha value is -2.69. The zero-order valence-corrected chi connectivity index (χ0v) is 13.3. The van der Waals surface area contributed by atoms with E-state index in [4.69, 9.17) is 21.7 Å². The summed E-state index contributed by atoms with van der Waals surface area (Å²) in [7, 11) is 0. The highest BCUT2D eigenvalue weighted by Crippen LogP contribution is 2.04. The van der Waals surface area contributed by atoms with Crippen LogP contribution in [-0.4, -0.2) is 58.0 Å². The van der Waals surface area contributed by atoms with E-state index in [2.05, 4.69) is 10.6 Å². The van der Waals surface area contributed by atoms with Gasteiger partial charge in [0.15, 0.2) is 0 Å². The van der Waals surface area contributed by atoms with E-state index in [0.717, 1.165) is 0 Å². The fraction of sp³-hybridized carbons (Fsp3) is 0.615. The number of amides is 3. The van der Waals surface area contributed by atoms with Gasteiger partial charge in [0.1, 0.15) is 12.1 Å². The van der Waals surface area contributed by atoms with Gasteiger partial charge in [0, 0.05) is 0 Å². The van der Waals surface area contributed by atoms with Crippen molar-refractivity contribution in [2.45, 2.75) is 44.8 Å². The van der Waals surface area contributed by atoms with Crippen molar-refractivity contribution in [3.05, 3.63) is 0 Å². The molecule has 11 nitrogen and oxygen atoms in total. The fourth-order valence-corrected chi connectivity index (χ4v) is 1.74. The van der Waals surface area contributed by atoms with Gasteiger partial charge in [-0.1, -0.05) is 13.8 Å². The van der Waals surface area contributed by atoms with Crippen LogP contribution in [0.1, 0.15) is 26.7 Å². The normalized spacial score (nSPS) is 14.3. The summed E-state index contributed by atoms with van der Waals surface area (Å²) >= 11 is 0. The molecule has 0 radical (unpaired) electrons. The summed E-state index contributed by atoms with van der Waals surface area (Å²) in [5, 5.41) is 22.1. The maximum atomic E-state index is 12.1. The number of carboxylic acids is 2. The summed E-state index contributed by atoms with van der Waals surface area (Å²) in [5.74, 6) is -5.95. The molecule has 0 heterocycles. The molecular weight excluding hydrogens is 324 g/mol.